The van der Waals surface area contributed by atoms with Gasteiger partial charge < -0.3 is 15.3 Å². The Morgan fingerprint density at radius 3 is 2.65 bits per heavy atom. The van der Waals surface area contributed by atoms with Crippen LogP contribution in [0.2, 0.25) is 0 Å². The average molecular weight is 232 g/mol. The Hall–Kier alpha value is -1.81. The maximum Gasteiger partial charge on any atom is 0.208 e. The number of aromatic nitrogens is 1. The predicted molar refractivity (Wildman–Crippen MR) is 65.6 cm³/mol. The summed E-state index contributed by atoms with van der Waals surface area (Å²) in [5.74, 6) is 1.64. The summed E-state index contributed by atoms with van der Waals surface area (Å²) in [5, 5.41) is 9.84. The molecule has 0 saturated carbocycles. The zero-order chi connectivity index (χ0) is 12.4. The zero-order valence-corrected chi connectivity index (χ0v) is 9.97. The molecule has 2 aromatic rings. The summed E-state index contributed by atoms with van der Waals surface area (Å²) in [4.78, 5) is 4.33. The molecule has 1 aromatic carbocycles. The summed E-state index contributed by atoms with van der Waals surface area (Å²) in [7, 11) is 0. The first-order valence-electron chi connectivity index (χ1n) is 5.61. The summed E-state index contributed by atoms with van der Waals surface area (Å²) in [6.07, 6.45) is 0. The summed E-state index contributed by atoms with van der Waals surface area (Å²) >= 11 is 0. The first kappa shape index (κ1) is 11.7. The number of hydrogen-bond acceptors (Lipinski definition) is 4. The Morgan fingerprint density at radius 1 is 1.35 bits per heavy atom. The van der Waals surface area contributed by atoms with E-state index in [2.05, 4.69) is 4.98 Å². The fraction of sp³-hybridized carbons (Fsp3) is 0.308. The van der Waals surface area contributed by atoms with Gasteiger partial charge in [-0.25, -0.2) is 4.98 Å². The van der Waals surface area contributed by atoms with E-state index in [1.165, 1.54) is 0 Å². The van der Waals surface area contributed by atoms with Crippen molar-refractivity contribution in [3.05, 3.63) is 35.9 Å². The van der Waals surface area contributed by atoms with Crippen LogP contribution in [-0.2, 0) is 6.54 Å². The van der Waals surface area contributed by atoms with Crippen molar-refractivity contribution in [3.8, 4) is 17.0 Å². The van der Waals surface area contributed by atoms with Crippen molar-refractivity contribution in [1.29, 1.82) is 0 Å². The van der Waals surface area contributed by atoms with Gasteiger partial charge in [-0.3, -0.25) is 0 Å². The number of rotatable bonds is 3. The van der Waals surface area contributed by atoms with Crippen LogP contribution in [0.15, 0.2) is 28.7 Å². The Morgan fingerprint density at radius 2 is 2.06 bits per heavy atom. The highest BCUT2D eigenvalue weighted by Gasteiger charge is 2.19. The second kappa shape index (κ2) is 4.59. The first-order chi connectivity index (χ1) is 8.13. The number of aromatic hydroxyl groups is 1. The second-order valence-corrected chi connectivity index (χ2v) is 4.20. The third-order valence-corrected chi connectivity index (χ3v) is 2.56. The van der Waals surface area contributed by atoms with E-state index in [1.807, 2.05) is 26.0 Å². The van der Waals surface area contributed by atoms with Crippen molar-refractivity contribution < 1.29 is 9.52 Å². The van der Waals surface area contributed by atoms with Gasteiger partial charge in [0.05, 0.1) is 6.54 Å². The van der Waals surface area contributed by atoms with Crippen molar-refractivity contribution in [3.63, 3.8) is 0 Å². The Labute approximate surface area is 100 Å². The SMILES string of the molecule is CC(C)c1oc(CN)nc1-c1ccccc1O. The molecule has 0 aliphatic heterocycles. The van der Waals surface area contributed by atoms with Crippen LogP contribution in [0, 0.1) is 0 Å². The fourth-order valence-corrected chi connectivity index (χ4v) is 1.72. The lowest BCUT2D eigenvalue weighted by atomic mass is 10.0. The number of hydrogen-bond donors (Lipinski definition) is 2. The molecule has 0 atom stereocenters. The van der Waals surface area contributed by atoms with E-state index in [-0.39, 0.29) is 18.2 Å². The van der Waals surface area contributed by atoms with Crippen LogP contribution in [0.5, 0.6) is 5.75 Å². The highest BCUT2D eigenvalue weighted by Crippen LogP contribution is 2.34. The normalized spacial score (nSPS) is 11.1. The van der Waals surface area contributed by atoms with Gasteiger partial charge in [-0.2, -0.15) is 0 Å². The summed E-state index contributed by atoms with van der Waals surface area (Å²) in [6, 6.07) is 7.09. The quantitative estimate of drug-likeness (QED) is 0.853. The summed E-state index contributed by atoms with van der Waals surface area (Å²) in [5.41, 5.74) is 6.89. The molecule has 0 saturated heterocycles. The second-order valence-electron chi connectivity index (χ2n) is 4.20. The predicted octanol–water partition coefficient (Wildman–Crippen LogP) is 2.63. The molecule has 0 aliphatic carbocycles. The lowest BCUT2D eigenvalue weighted by Gasteiger charge is -2.05. The molecule has 2 rings (SSSR count). The third-order valence-electron chi connectivity index (χ3n) is 2.56. The number of nitrogens with two attached hydrogens (primary N) is 1. The molecule has 90 valence electrons. The molecular weight excluding hydrogens is 216 g/mol. The summed E-state index contributed by atoms with van der Waals surface area (Å²) < 4.78 is 5.59. The molecule has 3 N–H and O–H groups in total. The van der Waals surface area contributed by atoms with Gasteiger partial charge in [0.25, 0.3) is 0 Å². The standard InChI is InChI=1S/C13H16N2O2/c1-8(2)13-12(15-11(7-14)17-13)9-5-3-4-6-10(9)16/h3-6,8,16H,7,14H2,1-2H3. The first-order valence-corrected chi connectivity index (χ1v) is 5.61. The maximum absolute atomic E-state index is 9.84. The van der Waals surface area contributed by atoms with E-state index in [9.17, 15) is 5.11 Å². The molecule has 1 heterocycles. The molecule has 4 nitrogen and oxygen atoms in total. The van der Waals surface area contributed by atoms with Crippen LogP contribution in [-0.4, -0.2) is 10.1 Å². The minimum absolute atomic E-state index is 0.192. The van der Waals surface area contributed by atoms with Crippen LogP contribution in [0.25, 0.3) is 11.3 Å². The van der Waals surface area contributed by atoms with Crippen molar-refractivity contribution in [2.24, 2.45) is 5.73 Å². The van der Waals surface area contributed by atoms with Crippen LogP contribution >= 0.6 is 0 Å². The largest absolute Gasteiger partial charge is 0.507 e. The molecule has 1 aromatic heterocycles. The monoisotopic (exact) mass is 232 g/mol. The van der Waals surface area contributed by atoms with E-state index >= 15 is 0 Å². The number of phenolic OH excluding ortho intramolecular Hbond substituents is 1. The number of nitrogens with zero attached hydrogens (tertiary/aromatic N) is 1. The van der Waals surface area contributed by atoms with Crippen molar-refractivity contribution >= 4 is 0 Å². The van der Waals surface area contributed by atoms with Gasteiger partial charge in [0, 0.05) is 11.5 Å². The van der Waals surface area contributed by atoms with Crippen LogP contribution in [0.4, 0.5) is 0 Å². The number of para-hydroxylation sites is 1. The van der Waals surface area contributed by atoms with E-state index in [0.717, 1.165) is 5.76 Å². The molecule has 0 amide bonds. The van der Waals surface area contributed by atoms with Crippen molar-refractivity contribution in [2.75, 3.05) is 0 Å². The van der Waals surface area contributed by atoms with Gasteiger partial charge in [-0.05, 0) is 12.1 Å². The number of benzene rings is 1. The van der Waals surface area contributed by atoms with Crippen molar-refractivity contribution in [2.45, 2.75) is 26.3 Å². The minimum Gasteiger partial charge on any atom is -0.507 e. The highest BCUT2D eigenvalue weighted by molar-refractivity contribution is 5.68. The number of phenols is 1. The Balaban J connectivity index is 2.58. The van der Waals surface area contributed by atoms with Crippen molar-refractivity contribution in [1.82, 2.24) is 4.98 Å². The van der Waals surface area contributed by atoms with E-state index in [0.29, 0.717) is 17.1 Å². The molecule has 0 bridgehead atoms. The van der Waals surface area contributed by atoms with Crippen LogP contribution < -0.4 is 5.73 Å². The Bertz CT molecular complexity index is 518. The van der Waals surface area contributed by atoms with Gasteiger partial charge in [-0.1, -0.05) is 26.0 Å². The summed E-state index contributed by atoms with van der Waals surface area (Å²) in [6.45, 7) is 4.29. The molecule has 0 fully saturated rings. The topological polar surface area (TPSA) is 72.3 Å². The lowest BCUT2D eigenvalue weighted by Crippen LogP contribution is -1.95. The minimum atomic E-state index is 0.192. The molecule has 0 spiro atoms. The van der Waals surface area contributed by atoms with Gasteiger partial charge in [0.15, 0.2) is 0 Å². The van der Waals surface area contributed by atoms with E-state index in [1.54, 1.807) is 12.1 Å². The van der Waals surface area contributed by atoms with Gasteiger partial charge in [0.1, 0.15) is 17.2 Å². The van der Waals surface area contributed by atoms with E-state index in [4.69, 9.17) is 10.2 Å². The molecule has 17 heavy (non-hydrogen) atoms. The fourth-order valence-electron chi connectivity index (χ4n) is 1.72. The maximum atomic E-state index is 9.84. The van der Waals surface area contributed by atoms with Crippen LogP contribution in [0.3, 0.4) is 0 Å². The van der Waals surface area contributed by atoms with E-state index < -0.39 is 0 Å². The molecule has 0 unspecified atom stereocenters. The zero-order valence-electron chi connectivity index (χ0n) is 9.97. The molecule has 0 aliphatic rings. The highest BCUT2D eigenvalue weighted by atomic mass is 16.4. The Kier molecular flexibility index (Phi) is 3.15. The average Bonchev–Trinajstić information content (AvgIpc) is 2.73. The van der Waals surface area contributed by atoms with Gasteiger partial charge in [0.2, 0.25) is 5.89 Å². The molecular formula is C13H16N2O2. The molecule has 4 heteroatoms. The number of oxazole rings is 1. The molecule has 0 radical (unpaired) electrons. The van der Waals surface area contributed by atoms with Gasteiger partial charge >= 0.3 is 0 Å². The smallest absolute Gasteiger partial charge is 0.208 e. The third kappa shape index (κ3) is 2.17. The lowest BCUT2D eigenvalue weighted by molar-refractivity contribution is 0.441. The van der Waals surface area contributed by atoms with Gasteiger partial charge in [-0.15, -0.1) is 0 Å². The van der Waals surface area contributed by atoms with Crippen LogP contribution in [0.1, 0.15) is 31.4 Å².